The van der Waals surface area contributed by atoms with Crippen molar-refractivity contribution in [1.29, 1.82) is 0 Å². The van der Waals surface area contributed by atoms with Gasteiger partial charge in [-0.1, -0.05) is 30.5 Å². The molecule has 0 amide bonds. The molecular weight excluding hydrogens is 348 g/mol. The molecule has 132 valence electrons. The van der Waals surface area contributed by atoms with Crippen LogP contribution in [-0.2, 0) is 4.74 Å². The summed E-state index contributed by atoms with van der Waals surface area (Å²) in [5, 5.41) is 0.575. The number of halogens is 1. The quantitative estimate of drug-likeness (QED) is 0.500. The number of pyridine rings is 1. The molecule has 26 heavy (non-hydrogen) atoms. The highest BCUT2D eigenvalue weighted by atomic mass is 35.5. The van der Waals surface area contributed by atoms with Crippen LogP contribution in [-0.4, -0.2) is 21.5 Å². The largest absolute Gasteiger partial charge is 0.459 e. The van der Waals surface area contributed by atoms with Crippen LogP contribution in [0, 0.1) is 18.8 Å². The summed E-state index contributed by atoms with van der Waals surface area (Å²) in [5.41, 5.74) is 3.67. The topological polar surface area (TPSA) is 43.6 Å². The van der Waals surface area contributed by atoms with Crippen LogP contribution < -0.4 is 0 Å². The first-order chi connectivity index (χ1) is 12.5. The normalized spacial score (nSPS) is 11.7. The molecule has 0 N–H and O–H groups in total. The molecule has 0 radical (unpaired) electrons. The van der Waals surface area contributed by atoms with E-state index in [0.717, 1.165) is 23.2 Å². The number of aryl methyl sites for hydroxylation is 1. The zero-order chi connectivity index (χ0) is 18.7. The van der Waals surface area contributed by atoms with E-state index in [4.69, 9.17) is 16.3 Å². The van der Waals surface area contributed by atoms with Gasteiger partial charge < -0.3 is 4.74 Å². The lowest BCUT2D eigenvalue weighted by atomic mass is 10.1. The Hall–Kier alpha value is -2.77. The predicted octanol–water partition coefficient (Wildman–Crippen LogP) is 4.65. The molecule has 0 spiro atoms. The highest BCUT2D eigenvalue weighted by molar-refractivity contribution is 6.33. The number of esters is 1. The maximum Gasteiger partial charge on any atom is 0.338 e. The molecule has 2 aromatic heterocycles. The third-order valence-electron chi connectivity index (χ3n) is 4.17. The summed E-state index contributed by atoms with van der Waals surface area (Å²) in [4.78, 5) is 16.5. The fourth-order valence-electron chi connectivity index (χ4n) is 2.42. The maximum absolute atomic E-state index is 12.2. The molecule has 0 saturated heterocycles. The minimum absolute atomic E-state index is 0.110. The van der Waals surface area contributed by atoms with Gasteiger partial charge in [-0.05, 0) is 56.0 Å². The lowest BCUT2D eigenvalue weighted by molar-refractivity contribution is 0.0334. The first-order valence-electron chi connectivity index (χ1n) is 8.44. The highest BCUT2D eigenvalue weighted by Crippen LogP contribution is 2.17. The van der Waals surface area contributed by atoms with Crippen molar-refractivity contribution >= 4 is 23.2 Å². The van der Waals surface area contributed by atoms with E-state index < -0.39 is 0 Å². The average molecular weight is 367 g/mol. The van der Waals surface area contributed by atoms with Crippen molar-refractivity contribution in [3.05, 3.63) is 70.1 Å². The molecule has 2 heterocycles. The molecule has 5 heteroatoms. The lowest BCUT2D eigenvalue weighted by Crippen LogP contribution is -2.14. The van der Waals surface area contributed by atoms with Crippen LogP contribution in [0.5, 0.6) is 0 Å². The number of hydrogen-bond donors (Lipinski definition) is 0. The number of fused-ring (bicyclic) bond motifs is 1. The molecule has 0 saturated carbocycles. The Morgan fingerprint density at radius 1 is 1.35 bits per heavy atom. The Morgan fingerprint density at radius 2 is 2.15 bits per heavy atom. The number of ether oxygens (including phenoxy) is 1. The van der Waals surface area contributed by atoms with E-state index in [-0.39, 0.29) is 12.1 Å². The summed E-state index contributed by atoms with van der Waals surface area (Å²) >= 11 is 6.14. The number of imidazole rings is 1. The van der Waals surface area contributed by atoms with Gasteiger partial charge in [0.05, 0.1) is 22.9 Å². The second kappa shape index (κ2) is 7.63. The van der Waals surface area contributed by atoms with Crippen molar-refractivity contribution in [2.75, 3.05) is 0 Å². The molecule has 1 unspecified atom stereocenters. The summed E-state index contributed by atoms with van der Waals surface area (Å²) in [6.07, 6.45) is 4.22. The van der Waals surface area contributed by atoms with E-state index in [2.05, 4.69) is 16.8 Å². The summed E-state index contributed by atoms with van der Waals surface area (Å²) < 4.78 is 7.22. The Kier molecular flexibility index (Phi) is 5.29. The van der Waals surface area contributed by atoms with Crippen LogP contribution in [0.15, 0.2) is 42.7 Å². The molecular formula is C21H19ClN2O2. The zero-order valence-corrected chi connectivity index (χ0v) is 15.7. The number of carbonyl (C=O) groups excluding carboxylic acids is 1. The van der Waals surface area contributed by atoms with Gasteiger partial charge in [0, 0.05) is 11.8 Å². The van der Waals surface area contributed by atoms with E-state index in [9.17, 15) is 4.79 Å². The molecule has 1 atom stereocenters. The van der Waals surface area contributed by atoms with Gasteiger partial charge in [0.15, 0.2) is 5.65 Å². The summed E-state index contributed by atoms with van der Waals surface area (Å²) in [5.74, 6) is 5.91. The van der Waals surface area contributed by atoms with Gasteiger partial charge in [0.25, 0.3) is 0 Å². The SMILES string of the molecule is CCC(C)OC(=O)c1ccc(C)c(C#Cc2cnc3c(Cl)cccn23)c1. The van der Waals surface area contributed by atoms with Gasteiger partial charge in [0.2, 0.25) is 0 Å². The molecule has 1 aromatic carbocycles. The molecule has 0 aliphatic carbocycles. The smallest absolute Gasteiger partial charge is 0.338 e. The Bertz CT molecular complexity index is 1030. The van der Waals surface area contributed by atoms with E-state index >= 15 is 0 Å². The molecule has 3 rings (SSSR count). The van der Waals surface area contributed by atoms with Gasteiger partial charge in [-0.25, -0.2) is 9.78 Å². The zero-order valence-electron chi connectivity index (χ0n) is 14.9. The number of hydrogen-bond acceptors (Lipinski definition) is 3. The number of carbonyl (C=O) groups is 1. The minimum atomic E-state index is -0.330. The molecule has 0 aliphatic heterocycles. The number of rotatable bonds is 3. The third-order valence-corrected chi connectivity index (χ3v) is 4.46. The van der Waals surface area contributed by atoms with Crippen molar-refractivity contribution < 1.29 is 9.53 Å². The van der Waals surface area contributed by atoms with E-state index in [0.29, 0.717) is 16.2 Å². The second-order valence-corrected chi connectivity index (χ2v) is 6.50. The van der Waals surface area contributed by atoms with Crippen LogP contribution in [0.1, 0.15) is 47.4 Å². The minimum Gasteiger partial charge on any atom is -0.459 e. The van der Waals surface area contributed by atoms with Gasteiger partial charge in [-0.3, -0.25) is 4.40 Å². The van der Waals surface area contributed by atoms with Crippen molar-refractivity contribution in [2.24, 2.45) is 0 Å². The Balaban J connectivity index is 1.93. The van der Waals surface area contributed by atoms with Crippen molar-refractivity contribution in [3.63, 3.8) is 0 Å². The van der Waals surface area contributed by atoms with Crippen LogP contribution in [0.2, 0.25) is 5.02 Å². The highest BCUT2D eigenvalue weighted by Gasteiger charge is 2.12. The van der Waals surface area contributed by atoms with Gasteiger partial charge >= 0.3 is 5.97 Å². The van der Waals surface area contributed by atoms with Gasteiger partial charge in [-0.2, -0.15) is 0 Å². The fraction of sp³-hybridized carbons (Fsp3) is 0.238. The van der Waals surface area contributed by atoms with Crippen LogP contribution in [0.4, 0.5) is 0 Å². The van der Waals surface area contributed by atoms with E-state index in [1.54, 1.807) is 24.4 Å². The van der Waals surface area contributed by atoms with Crippen molar-refractivity contribution in [1.82, 2.24) is 9.38 Å². The maximum atomic E-state index is 12.2. The fourth-order valence-corrected chi connectivity index (χ4v) is 2.63. The van der Waals surface area contributed by atoms with Crippen LogP contribution >= 0.6 is 11.6 Å². The first kappa shape index (κ1) is 18.0. The Labute approximate surface area is 157 Å². The standard InChI is InChI=1S/C21H19ClN2O2/c1-4-15(3)26-21(25)17-8-7-14(2)16(12-17)9-10-18-13-23-20-19(22)6-5-11-24(18)20/h5-8,11-13,15H,4H2,1-3H3. The summed E-state index contributed by atoms with van der Waals surface area (Å²) in [6.45, 7) is 5.81. The van der Waals surface area contributed by atoms with Crippen LogP contribution in [0.3, 0.4) is 0 Å². The summed E-state index contributed by atoms with van der Waals surface area (Å²) in [6, 6.07) is 9.04. The molecule has 0 bridgehead atoms. The molecule has 3 aromatic rings. The van der Waals surface area contributed by atoms with Crippen molar-refractivity contribution in [2.45, 2.75) is 33.3 Å². The van der Waals surface area contributed by atoms with Crippen molar-refractivity contribution in [3.8, 4) is 11.8 Å². The first-order valence-corrected chi connectivity index (χ1v) is 8.82. The van der Waals surface area contributed by atoms with E-state index in [1.807, 2.05) is 43.5 Å². The number of aromatic nitrogens is 2. The predicted molar refractivity (Wildman–Crippen MR) is 103 cm³/mol. The Morgan fingerprint density at radius 3 is 2.92 bits per heavy atom. The van der Waals surface area contributed by atoms with Gasteiger partial charge in [0.1, 0.15) is 5.69 Å². The van der Waals surface area contributed by atoms with Gasteiger partial charge in [-0.15, -0.1) is 0 Å². The number of nitrogens with zero attached hydrogens (tertiary/aromatic N) is 2. The monoisotopic (exact) mass is 366 g/mol. The van der Waals surface area contributed by atoms with E-state index in [1.165, 1.54) is 0 Å². The third kappa shape index (κ3) is 3.74. The van der Waals surface area contributed by atoms with Crippen LogP contribution in [0.25, 0.3) is 5.65 Å². The summed E-state index contributed by atoms with van der Waals surface area (Å²) in [7, 11) is 0. The lowest BCUT2D eigenvalue weighted by Gasteiger charge is -2.11. The average Bonchev–Trinajstić information content (AvgIpc) is 3.05. The molecule has 0 aliphatic rings. The number of benzene rings is 1. The second-order valence-electron chi connectivity index (χ2n) is 6.10. The molecule has 4 nitrogen and oxygen atoms in total. The molecule has 0 fully saturated rings.